The number of hydrogen-bond acceptors (Lipinski definition) is 3. The molecule has 2 aromatic rings. The molecular weight excluding hydrogens is 220 g/mol. The summed E-state index contributed by atoms with van der Waals surface area (Å²) >= 11 is 5.69. The van der Waals surface area contributed by atoms with E-state index in [-0.39, 0.29) is 10.9 Å². The van der Waals surface area contributed by atoms with Gasteiger partial charge >= 0.3 is 11.1 Å². The normalized spacial score (nSPS) is 10.5. The highest BCUT2D eigenvalue weighted by Crippen LogP contribution is 2.12. The summed E-state index contributed by atoms with van der Waals surface area (Å²) in [5.74, 6) is 0. The molecule has 0 radical (unpaired) electrons. The van der Waals surface area contributed by atoms with Crippen molar-refractivity contribution in [1.29, 1.82) is 0 Å². The average Bonchev–Trinajstić information content (AvgIpc) is 2.25. The quantitative estimate of drug-likeness (QED) is 0.629. The molecule has 0 spiro atoms. The van der Waals surface area contributed by atoms with E-state index in [1.54, 1.807) is 0 Å². The first kappa shape index (κ1) is 9.67. The Balaban J connectivity index is 3.17. The smallest absolute Gasteiger partial charge is 0.316 e. The largest absolute Gasteiger partial charge is 0.317 e. The van der Waals surface area contributed by atoms with E-state index in [0.29, 0.717) is 5.02 Å². The fourth-order valence-corrected chi connectivity index (χ4v) is 1.40. The minimum Gasteiger partial charge on any atom is -0.317 e. The Morgan fingerprint density at radius 2 is 1.60 bits per heavy atom. The van der Waals surface area contributed by atoms with Gasteiger partial charge in [-0.2, -0.15) is 0 Å². The molecule has 1 heterocycles. The molecule has 0 amide bonds. The van der Waals surface area contributed by atoms with Crippen molar-refractivity contribution in [2.45, 2.75) is 0 Å². The number of nitrogens with one attached hydrogen (secondary N) is 2. The first-order valence-electron chi connectivity index (χ1n) is 4.04. The highest BCUT2D eigenvalue weighted by Gasteiger charge is 2.01. The number of aromatic amines is 2. The highest BCUT2D eigenvalue weighted by molar-refractivity contribution is 6.31. The predicted octanol–water partition coefficient (Wildman–Crippen LogP) is 0.230. The van der Waals surface area contributed by atoms with Gasteiger partial charge in [-0.25, -0.2) is 0 Å². The van der Waals surface area contributed by atoms with Crippen LogP contribution in [0.4, 0.5) is 0 Å². The van der Waals surface area contributed by atoms with Crippen LogP contribution < -0.4 is 16.7 Å². The summed E-state index contributed by atoms with van der Waals surface area (Å²) in [6.07, 6.45) is 0. The number of H-pyrrole nitrogens is 2. The van der Waals surface area contributed by atoms with Gasteiger partial charge in [0.05, 0.1) is 10.9 Å². The molecule has 0 aliphatic heterocycles. The monoisotopic (exact) mass is 224 g/mol. The van der Waals surface area contributed by atoms with E-state index in [1.165, 1.54) is 18.2 Å². The molecule has 6 heteroatoms. The lowest BCUT2D eigenvalue weighted by atomic mass is 10.2. The van der Waals surface area contributed by atoms with Crippen LogP contribution >= 0.6 is 11.6 Å². The summed E-state index contributed by atoms with van der Waals surface area (Å²) in [6.45, 7) is 0. The lowest BCUT2D eigenvalue weighted by molar-refractivity contribution is 1.15. The second-order valence-electron chi connectivity index (χ2n) is 2.93. The lowest BCUT2D eigenvalue weighted by Crippen LogP contribution is -2.28. The maximum absolute atomic E-state index is 11.4. The molecule has 5 nitrogen and oxygen atoms in total. The Morgan fingerprint density at radius 3 is 2.33 bits per heavy atom. The highest BCUT2D eigenvalue weighted by atomic mass is 35.5. The minimum absolute atomic E-state index is 0.207. The zero-order valence-electron chi connectivity index (χ0n) is 7.33. The van der Waals surface area contributed by atoms with Crippen molar-refractivity contribution >= 4 is 22.5 Å². The van der Waals surface area contributed by atoms with Gasteiger partial charge in [0.2, 0.25) is 0 Å². The molecule has 2 rings (SSSR count). The molecule has 0 saturated heterocycles. The Labute approximate surface area is 87.4 Å². The van der Waals surface area contributed by atoms with E-state index in [9.17, 15) is 14.4 Å². The van der Waals surface area contributed by atoms with Gasteiger partial charge in [0.25, 0.3) is 5.56 Å². The summed E-state index contributed by atoms with van der Waals surface area (Å²) in [7, 11) is 0. The maximum atomic E-state index is 11.4. The van der Waals surface area contributed by atoms with Crippen molar-refractivity contribution in [3.63, 3.8) is 0 Å². The summed E-state index contributed by atoms with van der Waals surface area (Å²) in [6, 6.07) is 4.35. The first-order chi connectivity index (χ1) is 7.08. The molecule has 0 saturated carbocycles. The second kappa shape index (κ2) is 3.36. The van der Waals surface area contributed by atoms with Crippen LogP contribution in [0.3, 0.4) is 0 Å². The standard InChI is InChI=1S/C9H5ClN2O3/c10-4-1-2-5-6(3-4)11-8(14)9(15)12-7(5)13/h1-3H,(H2,11,12,13,14,15). The van der Waals surface area contributed by atoms with Crippen molar-refractivity contribution in [1.82, 2.24) is 9.97 Å². The zero-order valence-corrected chi connectivity index (χ0v) is 8.09. The number of rotatable bonds is 0. The third kappa shape index (κ3) is 1.69. The SMILES string of the molecule is O=c1[nH]c(=O)c2ccc(Cl)cc2[nH]c1=O. The maximum Gasteiger partial charge on any atom is 0.316 e. The number of hydrogen-bond donors (Lipinski definition) is 2. The van der Waals surface area contributed by atoms with Crippen LogP contribution in [0.15, 0.2) is 32.6 Å². The molecule has 76 valence electrons. The van der Waals surface area contributed by atoms with E-state index < -0.39 is 16.7 Å². The molecular formula is C9H5ClN2O3. The van der Waals surface area contributed by atoms with Gasteiger partial charge in [-0.05, 0) is 18.2 Å². The van der Waals surface area contributed by atoms with E-state index >= 15 is 0 Å². The van der Waals surface area contributed by atoms with E-state index in [0.717, 1.165) is 0 Å². The first-order valence-corrected chi connectivity index (χ1v) is 4.42. The van der Waals surface area contributed by atoms with E-state index in [2.05, 4.69) is 4.98 Å². The molecule has 0 atom stereocenters. The Kier molecular flexibility index (Phi) is 2.17. The second-order valence-corrected chi connectivity index (χ2v) is 3.36. The van der Waals surface area contributed by atoms with Crippen molar-refractivity contribution < 1.29 is 0 Å². The summed E-state index contributed by atoms with van der Waals surface area (Å²) in [5, 5.41) is 0.579. The van der Waals surface area contributed by atoms with Crippen LogP contribution in [0.5, 0.6) is 0 Å². The lowest BCUT2D eigenvalue weighted by Gasteiger charge is -1.90. The molecule has 0 unspecified atom stereocenters. The van der Waals surface area contributed by atoms with Crippen molar-refractivity contribution in [3.8, 4) is 0 Å². The summed E-state index contributed by atoms with van der Waals surface area (Å²) in [4.78, 5) is 37.7. The molecule has 1 aromatic carbocycles. The minimum atomic E-state index is -0.979. The topological polar surface area (TPSA) is 82.8 Å². The Morgan fingerprint density at radius 1 is 0.933 bits per heavy atom. The van der Waals surface area contributed by atoms with Gasteiger partial charge in [0.1, 0.15) is 0 Å². The fraction of sp³-hybridized carbons (Fsp3) is 0. The Hall–Kier alpha value is -1.88. The molecule has 15 heavy (non-hydrogen) atoms. The van der Waals surface area contributed by atoms with Crippen LogP contribution in [0, 0.1) is 0 Å². The fourth-order valence-electron chi connectivity index (χ4n) is 1.22. The predicted molar refractivity (Wildman–Crippen MR) is 56.5 cm³/mol. The van der Waals surface area contributed by atoms with Crippen LogP contribution in [-0.2, 0) is 0 Å². The molecule has 0 aliphatic carbocycles. The van der Waals surface area contributed by atoms with Crippen LogP contribution in [0.25, 0.3) is 10.9 Å². The van der Waals surface area contributed by atoms with Crippen molar-refractivity contribution in [2.24, 2.45) is 0 Å². The average molecular weight is 225 g/mol. The van der Waals surface area contributed by atoms with Crippen LogP contribution in [0.1, 0.15) is 0 Å². The van der Waals surface area contributed by atoms with Gasteiger partial charge < -0.3 is 4.98 Å². The molecule has 1 aromatic heterocycles. The number of fused-ring (bicyclic) bond motifs is 1. The van der Waals surface area contributed by atoms with Crippen LogP contribution in [-0.4, -0.2) is 9.97 Å². The summed E-state index contributed by atoms with van der Waals surface area (Å²) in [5.41, 5.74) is -2.25. The van der Waals surface area contributed by atoms with Gasteiger partial charge in [-0.3, -0.25) is 19.4 Å². The van der Waals surface area contributed by atoms with Gasteiger partial charge in [-0.15, -0.1) is 0 Å². The van der Waals surface area contributed by atoms with Crippen molar-refractivity contribution in [2.75, 3.05) is 0 Å². The number of benzene rings is 1. The zero-order chi connectivity index (χ0) is 11.0. The van der Waals surface area contributed by atoms with E-state index in [4.69, 9.17) is 11.6 Å². The van der Waals surface area contributed by atoms with Crippen molar-refractivity contribution in [3.05, 3.63) is 54.3 Å². The van der Waals surface area contributed by atoms with Gasteiger partial charge in [0, 0.05) is 5.02 Å². The molecule has 0 bridgehead atoms. The van der Waals surface area contributed by atoms with Gasteiger partial charge in [0.15, 0.2) is 0 Å². The number of halogens is 1. The third-order valence-electron chi connectivity index (χ3n) is 1.91. The summed E-state index contributed by atoms with van der Waals surface area (Å²) < 4.78 is 0. The van der Waals surface area contributed by atoms with Gasteiger partial charge in [-0.1, -0.05) is 11.6 Å². The third-order valence-corrected chi connectivity index (χ3v) is 2.14. The Bertz CT molecular complexity index is 702. The molecule has 2 N–H and O–H groups in total. The van der Waals surface area contributed by atoms with Crippen LogP contribution in [0.2, 0.25) is 5.02 Å². The van der Waals surface area contributed by atoms with E-state index in [1.807, 2.05) is 4.98 Å². The number of aromatic nitrogens is 2. The molecule has 0 aliphatic rings. The molecule has 0 fully saturated rings.